The van der Waals surface area contributed by atoms with E-state index in [4.69, 9.17) is 10.2 Å². The molecule has 0 spiro atoms. The molecule has 0 saturated carbocycles. The Balaban J connectivity index is 3.44. The van der Waals surface area contributed by atoms with Crippen molar-refractivity contribution in [2.75, 3.05) is 11.5 Å². The molecule has 12 heavy (non-hydrogen) atoms. The van der Waals surface area contributed by atoms with Gasteiger partial charge in [-0.25, -0.2) is 0 Å². The van der Waals surface area contributed by atoms with E-state index in [-0.39, 0.29) is 11.5 Å². The molecule has 0 heterocycles. The molecule has 0 fully saturated rings. The van der Waals surface area contributed by atoms with Crippen LogP contribution in [0, 0.1) is 0 Å². The van der Waals surface area contributed by atoms with Crippen molar-refractivity contribution in [3.63, 3.8) is 0 Å². The van der Waals surface area contributed by atoms with Gasteiger partial charge in [0.1, 0.15) is 6.42 Å². The Morgan fingerprint density at radius 1 is 1.00 bits per heavy atom. The van der Waals surface area contributed by atoms with Gasteiger partial charge < -0.3 is 10.2 Å². The molecule has 0 aliphatic heterocycles. The van der Waals surface area contributed by atoms with E-state index in [1.165, 1.54) is 0 Å². The molecule has 6 heteroatoms. The molecule has 0 radical (unpaired) electrons. The summed E-state index contributed by atoms with van der Waals surface area (Å²) in [6.07, 6.45) is -0.535. The third kappa shape index (κ3) is 7.07. The van der Waals surface area contributed by atoms with E-state index in [0.717, 1.165) is 11.8 Å². The van der Waals surface area contributed by atoms with Crippen molar-refractivity contribution in [1.82, 2.24) is 0 Å². The van der Waals surface area contributed by atoms with Crippen LogP contribution in [-0.4, -0.2) is 39.4 Å². The van der Waals surface area contributed by atoms with Crippen LogP contribution in [0.15, 0.2) is 0 Å². The van der Waals surface area contributed by atoms with E-state index in [1.807, 2.05) is 0 Å². The van der Waals surface area contributed by atoms with Gasteiger partial charge in [0.2, 0.25) is 0 Å². The standard InChI is InChI=1S/C6H8O5S/c7-4(1-5(8)9)2-12-3-6(10)11/h1-3H2,(H,8,9)(H,10,11). The molecule has 0 bridgehead atoms. The third-order valence-corrected chi connectivity index (χ3v) is 1.81. The lowest BCUT2D eigenvalue weighted by Crippen LogP contribution is -2.10. The average molecular weight is 192 g/mol. The van der Waals surface area contributed by atoms with E-state index in [1.54, 1.807) is 0 Å². The number of ketones is 1. The predicted molar refractivity (Wildman–Crippen MR) is 42.2 cm³/mol. The Kier molecular flexibility index (Phi) is 5.11. The first-order valence-electron chi connectivity index (χ1n) is 3.05. The molecule has 0 aromatic rings. The Labute approximate surface area is 72.8 Å². The highest BCUT2D eigenvalue weighted by Crippen LogP contribution is 2.00. The Morgan fingerprint density at radius 3 is 2.00 bits per heavy atom. The van der Waals surface area contributed by atoms with Gasteiger partial charge >= 0.3 is 11.9 Å². The van der Waals surface area contributed by atoms with Crippen LogP contribution in [0.4, 0.5) is 0 Å². The number of hydrogen-bond acceptors (Lipinski definition) is 4. The zero-order valence-electron chi connectivity index (χ0n) is 6.15. The molecule has 0 aromatic carbocycles. The molecular formula is C6H8O5S. The molecule has 2 N–H and O–H groups in total. The van der Waals surface area contributed by atoms with Gasteiger partial charge in [0, 0.05) is 0 Å². The fourth-order valence-electron chi connectivity index (χ4n) is 0.472. The Bertz CT molecular complexity index is 200. The van der Waals surface area contributed by atoms with Crippen LogP contribution in [-0.2, 0) is 14.4 Å². The number of Topliss-reactive ketones (excluding diaryl/α,β-unsaturated/α-hetero) is 1. The fourth-order valence-corrected chi connectivity index (χ4v) is 1.08. The minimum atomic E-state index is -1.18. The minimum absolute atomic E-state index is 0.0569. The summed E-state index contributed by atoms with van der Waals surface area (Å²) in [5.41, 5.74) is 0. The minimum Gasteiger partial charge on any atom is -0.481 e. The lowest BCUT2D eigenvalue weighted by molar-refractivity contribution is -0.139. The lowest BCUT2D eigenvalue weighted by atomic mass is 10.3. The smallest absolute Gasteiger partial charge is 0.313 e. The summed E-state index contributed by atoms with van der Waals surface area (Å²) in [5, 5.41) is 16.3. The van der Waals surface area contributed by atoms with Gasteiger partial charge in [-0.05, 0) is 0 Å². The van der Waals surface area contributed by atoms with Crippen LogP contribution in [0.25, 0.3) is 0 Å². The SMILES string of the molecule is O=C(O)CSCC(=O)CC(=O)O. The van der Waals surface area contributed by atoms with Crippen LogP contribution in [0.2, 0.25) is 0 Å². The molecular weight excluding hydrogens is 184 g/mol. The van der Waals surface area contributed by atoms with Crippen LogP contribution in [0.3, 0.4) is 0 Å². The number of carboxylic acids is 2. The number of hydrogen-bond donors (Lipinski definition) is 2. The summed E-state index contributed by atoms with van der Waals surface area (Å²) < 4.78 is 0. The van der Waals surface area contributed by atoms with Crippen LogP contribution in [0.1, 0.15) is 6.42 Å². The van der Waals surface area contributed by atoms with Gasteiger partial charge in [-0.3, -0.25) is 14.4 Å². The average Bonchev–Trinajstić information content (AvgIpc) is 1.84. The largest absolute Gasteiger partial charge is 0.481 e. The molecule has 5 nitrogen and oxygen atoms in total. The highest BCUT2D eigenvalue weighted by atomic mass is 32.2. The zero-order chi connectivity index (χ0) is 9.56. The Morgan fingerprint density at radius 2 is 1.58 bits per heavy atom. The number of carbonyl (C=O) groups is 3. The van der Waals surface area contributed by atoms with Gasteiger partial charge in [-0.1, -0.05) is 0 Å². The van der Waals surface area contributed by atoms with Crippen LogP contribution >= 0.6 is 11.8 Å². The maximum atomic E-state index is 10.6. The Hall–Kier alpha value is -1.04. The fraction of sp³-hybridized carbons (Fsp3) is 0.500. The van der Waals surface area contributed by atoms with E-state index in [0.29, 0.717) is 0 Å². The molecule has 0 aromatic heterocycles. The highest BCUT2D eigenvalue weighted by molar-refractivity contribution is 8.00. The van der Waals surface area contributed by atoms with Crippen LogP contribution < -0.4 is 0 Å². The van der Waals surface area contributed by atoms with Crippen molar-refractivity contribution >= 4 is 29.5 Å². The van der Waals surface area contributed by atoms with Crippen molar-refractivity contribution in [2.24, 2.45) is 0 Å². The van der Waals surface area contributed by atoms with E-state index >= 15 is 0 Å². The molecule has 0 atom stereocenters. The first kappa shape index (κ1) is 11.0. The van der Waals surface area contributed by atoms with Gasteiger partial charge in [0.15, 0.2) is 5.78 Å². The van der Waals surface area contributed by atoms with Crippen molar-refractivity contribution in [1.29, 1.82) is 0 Å². The van der Waals surface area contributed by atoms with Gasteiger partial charge in [0.05, 0.1) is 11.5 Å². The maximum absolute atomic E-state index is 10.6. The van der Waals surface area contributed by atoms with E-state index in [9.17, 15) is 14.4 Å². The van der Waals surface area contributed by atoms with E-state index in [2.05, 4.69) is 0 Å². The maximum Gasteiger partial charge on any atom is 0.313 e. The topological polar surface area (TPSA) is 91.7 Å². The van der Waals surface area contributed by atoms with Gasteiger partial charge in [-0.2, -0.15) is 0 Å². The summed E-state index contributed by atoms with van der Waals surface area (Å²) in [5.74, 6) is -2.89. The first-order chi connectivity index (χ1) is 5.52. The second kappa shape index (κ2) is 5.59. The molecule has 0 aliphatic rings. The third-order valence-electron chi connectivity index (χ3n) is 0.837. The molecule has 0 unspecified atom stereocenters. The number of rotatable bonds is 6. The molecule has 0 aliphatic carbocycles. The van der Waals surface area contributed by atoms with Crippen molar-refractivity contribution in [2.45, 2.75) is 6.42 Å². The van der Waals surface area contributed by atoms with Crippen molar-refractivity contribution in [3.8, 4) is 0 Å². The monoisotopic (exact) mass is 192 g/mol. The second-order valence-corrected chi connectivity index (χ2v) is 2.98. The molecule has 68 valence electrons. The summed E-state index contributed by atoms with van der Waals surface area (Å²) in [4.78, 5) is 30.6. The summed E-state index contributed by atoms with van der Waals surface area (Å²) in [6, 6.07) is 0. The number of carbonyl (C=O) groups excluding carboxylic acids is 1. The van der Waals surface area contributed by atoms with Crippen LogP contribution in [0.5, 0.6) is 0 Å². The van der Waals surface area contributed by atoms with Crippen molar-refractivity contribution in [3.05, 3.63) is 0 Å². The normalized spacial score (nSPS) is 9.33. The van der Waals surface area contributed by atoms with Gasteiger partial charge in [0.25, 0.3) is 0 Å². The number of thioether (sulfide) groups is 1. The molecule has 0 amide bonds. The highest BCUT2D eigenvalue weighted by Gasteiger charge is 2.08. The van der Waals surface area contributed by atoms with Crippen molar-refractivity contribution < 1.29 is 24.6 Å². The van der Waals surface area contributed by atoms with Gasteiger partial charge in [-0.15, -0.1) is 11.8 Å². The predicted octanol–water partition coefficient (Wildman–Crippen LogP) is -0.152. The zero-order valence-corrected chi connectivity index (χ0v) is 6.97. The quantitative estimate of drug-likeness (QED) is 0.568. The van der Waals surface area contributed by atoms with E-state index < -0.39 is 24.1 Å². The number of carboxylic acid groups (broad SMARTS) is 2. The molecule has 0 rings (SSSR count). The second-order valence-electron chi connectivity index (χ2n) is 2.00. The molecule has 0 saturated heterocycles. The summed E-state index contributed by atoms with van der Waals surface area (Å²) in [6.45, 7) is 0. The first-order valence-corrected chi connectivity index (χ1v) is 4.21. The summed E-state index contributed by atoms with van der Waals surface area (Å²) in [7, 11) is 0. The summed E-state index contributed by atoms with van der Waals surface area (Å²) >= 11 is 0.899. The number of aliphatic carboxylic acids is 2. The lowest BCUT2D eigenvalue weighted by Gasteiger charge is -1.94.